The first-order valence-electron chi connectivity index (χ1n) is 4.97. The van der Waals surface area contributed by atoms with Gasteiger partial charge in [0.05, 0.1) is 6.61 Å². The topological polar surface area (TPSA) is 61.8 Å². The number of ether oxygens (including phenoxy) is 1. The summed E-state index contributed by atoms with van der Waals surface area (Å²) in [6.07, 6.45) is 3.50. The first-order chi connectivity index (χ1) is 6.74. The molecule has 1 unspecified atom stereocenters. The minimum absolute atomic E-state index is 0.200. The van der Waals surface area contributed by atoms with E-state index in [1.165, 1.54) is 13.5 Å². The van der Waals surface area contributed by atoms with Crippen LogP contribution in [0.15, 0.2) is 0 Å². The minimum atomic E-state index is -0.863. The van der Waals surface area contributed by atoms with Crippen LogP contribution in [0.5, 0.6) is 0 Å². The van der Waals surface area contributed by atoms with E-state index in [9.17, 15) is 4.79 Å². The molecule has 0 radical (unpaired) electrons. The van der Waals surface area contributed by atoms with E-state index < -0.39 is 12.0 Å². The molecular weight excluding hydrogens is 184 g/mol. The standard InChI is InChI=1S/C9H18N2O3/c1-14-7-8(9(12)13)10-11-5-3-2-4-6-11/h8,10H,2-7H2,1H3,(H,12,13). The zero-order valence-corrected chi connectivity index (χ0v) is 8.53. The Kier molecular flexibility index (Phi) is 4.86. The Bertz CT molecular complexity index is 181. The number of nitrogens with zero attached hydrogens (tertiary/aromatic N) is 1. The third kappa shape index (κ3) is 3.61. The molecule has 0 amide bonds. The molecule has 14 heavy (non-hydrogen) atoms. The van der Waals surface area contributed by atoms with Crippen LogP contribution >= 0.6 is 0 Å². The third-order valence-electron chi connectivity index (χ3n) is 2.33. The van der Waals surface area contributed by atoms with Crippen LogP contribution in [0, 0.1) is 0 Å². The Labute approximate surface area is 84.0 Å². The summed E-state index contributed by atoms with van der Waals surface area (Å²) in [5, 5.41) is 10.8. The zero-order valence-electron chi connectivity index (χ0n) is 8.53. The fraction of sp³-hybridized carbons (Fsp3) is 0.889. The number of methoxy groups -OCH3 is 1. The average Bonchev–Trinajstić information content (AvgIpc) is 2.18. The Morgan fingerprint density at radius 1 is 1.50 bits per heavy atom. The van der Waals surface area contributed by atoms with Gasteiger partial charge in [-0.05, 0) is 12.8 Å². The lowest BCUT2D eigenvalue weighted by Crippen LogP contribution is -2.52. The summed E-state index contributed by atoms with van der Waals surface area (Å²) in [5.74, 6) is -0.863. The van der Waals surface area contributed by atoms with Gasteiger partial charge in [0.1, 0.15) is 6.04 Å². The summed E-state index contributed by atoms with van der Waals surface area (Å²) >= 11 is 0. The number of nitrogens with one attached hydrogen (secondary N) is 1. The Morgan fingerprint density at radius 2 is 2.14 bits per heavy atom. The highest BCUT2D eigenvalue weighted by Crippen LogP contribution is 2.06. The van der Waals surface area contributed by atoms with Gasteiger partial charge in [0.25, 0.3) is 0 Å². The summed E-state index contributed by atoms with van der Waals surface area (Å²) in [6, 6.07) is -0.627. The van der Waals surface area contributed by atoms with Gasteiger partial charge in [0.15, 0.2) is 0 Å². The molecular formula is C9H18N2O3. The highest BCUT2D eigenvalue weighted by atomic mass is 16.5. The average molecular weight is 202 g/mol. The van der Waals surface area contributed by atoms with Crippen LogP contribution in [0.1, 0.15) is 19.3 Å². The van der Waals surface area contributed by atoms with Crippen LogP contribution in [-0.2, 0) is 9.53 Å². The lowest BCUT2D eigenvalue weighted by atomic mass is 10.2. The number of carbonyl (C=O) groups is 1. The lowest BCUT2D eigenvalue weighted by Gasteiger charge is -2.29. The van der Waals surface area contributed by atoms with E-state index in [1.54, 1.807) is 0 Å². The van der Waals surface area contributed by atoms with E-state index >= 15 is 0 Å². The number of hydrogen-bond acceptors (Lipinski definition) is 4. The van der Waals surface area contributed by atoms with Crippen LogP contribution in [-0.4, -0.2) is 48.9 Å². The zero-order chi connectivity index (χ0) is 10.4. The molecule has 2 N–H and O–H groups in total. The van der Waals surface area contributed by atoms with Gasteiger partial charge in [0.2, 0.25) is 0 Å². The van der Waals surface area contributed by atoms with E-state index in [1.807, 2.05) is 5.01 Å². The molecule has 0 aromatic rings. The van der Waals surface area contributed by atoms with Crippen molar-refractivity contribution >= 4 is 5.97 Å². The monoisotopic (exact) mass is 202 g/mol. The molecule has 82 valence electrons. The fourth-order valence-electron chi connectivity index (χ4n) is 1.57. The summed E-state index contributed by atoms with van der Waals surface area (Å²) in [7, 11) is 1.51. The van der Waals surface area contributed by atoms with Gasteiger partial charge in [-0.15, -0.1) is 0 Å². The molecule has 1 aliphatic rings. The van der Waals surface area contributed by atoms with Gasteiger partial charge >= 0.3 is 5.97 Å². The normalized spacial score (nSPS) is 20.6. The highest BCUT2D eigenvalue weighted by Gasteiger charge is 2.20. The summed E-state index contributed by atoms with van der Waals surface area (Å²) in [4.78, 5) is 10.8. The van der Waals surface area contributed by atoms with Crippen molar-refractivity contribution in [3.63, 3.8) is 0 Å². The second-order valence-corrected chi connectivity index (χ2v) is 3.52. The second-order valence-electron chi connectivity index (χ2n) is 3.52. The van der Waals surface area contributed by atoms with Crippen LogP contribution in [0.2, 0.25) is 0 Å². The van der Waals surface area contributed by atoms with E-state index in [2.05, 4.69) is 5.43 Å². The van der Waals surface area contributed by atoms with Crippen LogP contribution < -0.4 is 5.43 Å². The molecule has 5 nitrogen and oxygen atoms in total. The SMILES string of the molecule is COCC(NN1CCCCC1)C(=O)O. The highest BCUT2D eigenvalue weighted by molar-refractivity contribution is 5.73. The Morgan fingerprint density at radius 3 is 2.64 bits per heavy atom. The second kappa shape index (κ2) is 5.95. The molecule has 0 spiro atoms. The van der Waals surface area contributed by atoms with Gasteiger partial charge in [-0.25, -0.2) is 10.4 Å². The van der Waals surface area contributed by atoms with Crippen molar-refractivity contribution in [2.24, 2.45) is 0 Å². The first-order valence-corrected chi connectivity index (χ1v) is 4.97. The molecule has 0 aliphatic carbocycles. The molecule has 1 heterocycles. The molecule has 1 rings (SSSR count). The van der Waals surface area contributed by atoms with Crippen molar-refractivity contribution in [2.45, 2.75) is 25.3 Å². The Hall–Kier alpha value is -0.650. The number of carboxylic acid groups (broad SMARTS) is 1. The predicted octanol–water partition coefficient (Wildman–Crippen LogP) is 0.0765. The van der Waals surface area contributed by atoms with Crippen LogP contribution in [0.3, 0.4) is 0 Å². The van der Waals surface area contributed by atoms with Gasteiger partial charge in [0, 0.05) is 20.2 Å². The maximum absolute atomic E-state index is 10.8. The maximum Gasteiger partial charge on any atom is 0.324 e. The van der Waals surface area contributed by atoms with Gasteiger partial charge in [-0.1, -0.05) is 6.42 Å². The Balaban J connectivity index is 2.33. The van der Waals surface area contributed by atoms with E-state index in [-0.39, 0.29) is 6.61 Å². The van der Waals surface area contributed by atoms with E-state index in [4.69, 9.17) is 9.84 Å². The largest absolute Gasteiger partial charge is 0.480 e. The van der Waals surface area contributed by atoms with Crippen molar-refractivity contribution in [2.75, 3.05) is 26.8 Å². The molecule has 0 bridgehead atoms. The van der Waals surface area contributed by atoms with Crippen molar-refractivity contribution in [3.8, 4) is 0 Å². The molecule has 1 atom stereocenters. The predicted molar refractivity (Wildman–Crippen MR) is 51.9 cm³/mol. The number of aliphatic carboxylic acids is 1. The van der Waals surface area contributed by atoms with Crippen molar-refractivity contribution in [1.82, 2.24) is 10.4 Å². The molecule has 5 heteroatoms. The summed E-state index contributed by atoms with van der Waals surface area (Å²) in [6.45, 7) is 2.05. The number of rotatable bonds is 5. The molecule has 0 aromatic heterocycles. The fourth-order valence-corrected chi connectivity index (χ4v) is 1.57. The smallest absolute Gasteiger partial charge is 0.324 e. The van der Waals surface area contributed by atoms with Crippen LogP contribution in [0.25, 0.3) is 0 Å². The van der Waals surface area contributed by atoms with Crippen molar-refractivity contribution in [3.05, 3.63) is 0 Å². The quantitative estimate of drug-likeness (QED) is 0.661. The summed E-state index contributed by atoms with van der Waals surface area (Å²) in [5.41, 5.74) is 2.97. The molecule has 1 fully saturated rings. The number of carboxylic acids is 1. The van der Waals surface area contributed by atoms with Crippen molar-refractivity contribution < 1.29 is 14.6 Å². The number of hydrazine groups is 1. The lowest BCUT2D eigenvalue weighted by molar-refractivity contribution is -0.143. The molecule has 0 aromatic carbocycles. The molecule has 1 saturated heterocycles. The number of hydrogen-bond donors (Lipinski definition) is 2. The maximum atomic E-state index is 10.8. The summed E-state index contributed by atoms with van der Waals surface area (Å²) < 4.78 is 4.84. The van der Waals surface area contributed by atoms with Crippen molar-refractivity contribution in [1.29, 1.82) is 0 Å². The van der Waals surface area contributed by atoms with E-state index in [0.29, 0.717) is 0 Å². The van der Waals surface area contributed by atoms with Gasteiger partial charge in [-0.2, -0.15) is 0 Å². The molecule has 1 aliphatic heterocycles. The van der Waals surface area contributed by atoms with Crippen LogP contribution in [0.4, 0.5) is 0 Å². The van der Waals surface area contributed by atoms with Gasteiger partial charge in [-0.3, -0.25) is 4.79 Å². The van der Waals surface area contributed by atoms with E-state index in [0.717, 1.165) is 25.9 Å². The molecule has 0 saturated carbocycles. The van der Waals surface area contributed by atoms with Gasteiger partial charge < -0.3 is 9.84 Å². The first kappa shape index (κ1) is 11.4. The number of piperidine rings is 1. The third-order valence-corrected chi connectivity index (χ3v) is 2.33. The minimum Gasteiger partial charge on any atom is -0.480 e.